The normalized spacial score (nSPS) is 39.2. The van der Waals surface area contributed by atoms with E-state index in [0.717, 1.165) is 30.7 Å². The van der Waals surface area contributed by atoms with Gasteiger partial charge in [0.1, 0.15) is 0 Å². The first kappa shape index (κ1) is 15.3. The minimum atomic E-state index is 0.0518. The first-order chi connectivity index (χ1) is 9.95. The molecule has 3 aliphatic rings. The molecule has 0 aromatic rings. The lowest BCUT2D eigenvalue weighted by atomic mass is 9.88. The molecule has 2 saturated carbocycles. The molecule has 5 unspecified atom stereocenters. The monoisotopic (exact) mass is 292 g/mol. The first-order valence-corrected chi connectivity index (χ1v) is 9.02. The Labute approximate surface area is 129 Å². The molecule has 0 aromatic carbocycles. The van der Waals surface area contributed by atoms with Crippen LogP contribution >= 0.6 is 0 Å². The Balaban J connectivity index is 1.67. The zero-order valence-electron chi connectivity index (χ0n) is 14.1. The van der Waals surface area contributed by atoms with E-state index in [1.54, 1.807) is 0 Å². The molecule has 3 nitrogen and oxygen atoms in total. The molecule has 0 radical (unpaired) electrons. The van der Waals surface area contributed by atoms with Gasteiger partial charge in [-0.15, -0.1) is 0 Å². The van der Waals surface area contributed by atoms with E-state index in [4.69, 9.17) is 0 Å². The minimum Gasteiger partial charge on any atom is -0.325 e. The quantitative estimate of drug-likeness (QED) is 0.843. The second-order valence-corrected chi connectivity index (χ2v) is 8.46. The van der Waals surface area contributed by atoms with Gasteiger partial charge in [0.15, 0.2) is 0 Å². The van der Waals surface area contributed by atoms with Crippen LogP contribution in [0.25, 0.3) is 0 Å². The van der Waals surface area contributed by atoms with Crippen LogP contribution in [0.5, 0.6) is 0 Å². The summed E-state index contributed by atoms with van der Waals surface area (Å²) in [6.07, 6.45) is 6.87. The molecule has 21 heavy (non-hydrogen) atoms. The fourth-order valence-electron chi connectivity index (χ4n) is 4.95. The Morgan fingerprint density at radius 3 is 2.48 bits per heavy atom. The number of carbonyl (C=O) groups excluding carboxylic acids is 1. The Kier molecular flexibility index (Phi) is 4.31. The van der Waals surface area contributed by atoms with Gasteiger partial charge in [-0.1, -0.05) is 34.1 Å². The zero-order valence-corrected chi connectivity index (χ0v) is 14.1. The van der Waals surface area contributed by atoms with Crippen LogP contribution in [0.4, 0.5) is 0 Å². The van der Waals surface area contributed by atoms with Crippen LogP contribution < -0.4 is 5.32 Å². The molecule has 0 spiro atoms. The van der Waals surface area contributed by atoms with Crippen molar-refractivity contribution in [3.63, 3.8) is 0 Å². The highest BCUT2D eigenvalue weighted by molar-refractivity contribution is 5.84. The lowest BCUT2D eigenvalue weighted by molar-refractivity contribution is -0.131. The molecule has 1 amide bonds. The second kappa shape index (κ2) is 5.91. The van der Waals surface area contributed by atoms with Crippen molar-refractivity contribution < 1.29 is 4.79 Å². The lowest BCUT2D eigenvalue weighted by Crippen LogP contribution is -2.44. The third-order valence-electron chi connectivity index (χ3n) is 5.94. The highest BCUT2D eigenvalue weighted by Gasteiger charge is 2.45. The van der Waals surface area contributed by atoms with E-state index in [0.29, 0.717) is 17.7 Å². The fraction of sp³-hybridized carbons (Fsp3) is 0.944. The number of rotatable bonds is 5. The lowest BCUT2D eigenvalue weighted by Gasteiger charge is -2.32. The molecule has 2 bridgehead atoms. The first-order valence-electron chi connectivity index (χ1n) is 9.02. The van der Waals surface area contributed by atoms with E-state index in [1.165, 1.54) is 25.7 Å². The Morgan fingerprint density at radius 2 is 1.95 bits per heavy atom. The standard InChI is InChI=1S/C18H32N2O/c1-11(2)7-16-18(21)20(17(19-16)12(3)4)10-15-9-13-5-6-14(15)8-13/h11-17,19H,5-10H2,1-4H3. The van der Waals surface area contributed by atoms with Crippen LogP contribution in [0, 0.1) is 29.6 Å². The average molecular weight is 292 g/mol. The predicted octanol–water partition coefficient (Wildman–Crippen LogP) is 3.25. The Hall–Kier alpha value is -0.570. The number of hydrogen-bond donors (Lipinski definition) is 1. The zero-order chi connectivity index (χ0) is 15.1. The van der Waals surface area contributed by atoms with Crippen LogP contribution in [-0.4, -0.2) is 29.6 Å². The molecule has 1 heterocycles. The molecule has 5 atom stereocenters. The van der Waals surface area contributed by atoms with Gasteiger partial charge in [0.05, 0.1) is 12.2 Å². The summed E-state index contributed by atoms with van der Waals surface area (Å²) in [5.74, 6) is 4.07. The van der Waals surface area contributed by atoms with Crippen LogP contribution in [0.2, 0.25) is 0 Å². The van der Waals surface area contributed by atoms with E-state index < -0.39 is 0 Å². The van der Waals surface area contributed by atoms with Crippen LogP contribution in [0.3, 0.4) is 0 Å². The molecule has 2 aliphatic carbocycles. The number of hydrogen-bond acceptors (Lipinski definition) is 2. The van der Waals surface area contributed by atoms with Gasteiger partial charge in [0.2, 0.25) is 5.91 Å². The van der Waals surface area contributed by atoms with Crippen LogP contribution in [-0.2, 0) is 4.79 Å². The van der Waals surface area contributed by atoms with Gasteiger partial charge in [0, 0.05) is 6.54 Å². The van der Waals surface area contributed by atoms with Crippen molar-refractivity contribution >= 4 is 5.91 Å². The molecular weight excluding hydrogens is 260 g/mol. The van der Waals surface area contributed by atoms with Crippen LogP contribution in [0.15, 0.2) is 0 Å². The molecule has 3 fully saturated rings. The molecule has 120 valence electrons. The van der Waals surface area contributed by atoms with Crippen LogP contribution in [0.1, 0.15) is 59.8 Å². The summed E-state index contributed by atoms with van der Waals surface area (Å²) in [7, 11) is 0. The summed E-state index contributed by atoms with van der Waals surface area (Å²) < 4.78 is 0. The summed E-state index contributed by atoms with van der Waals surface area (Å²) in [5.41, 5.74) is 0. The Bertz CT molecular complexity index is 393. The largest absolute Gasteiger partial charge is 0.325 e. The molecule has 3 rings (SSSR count). The summed E-state index contributed by atoms with van der Waals surface area (Å²) in [6, 6.07) is 0.0518. The van der Waals surface area contributed by atoms with Gasteiger partial charge in [-0.25, -0.2) is 0 Å². The molecule has 1 aliphatic heterocycles. The number of nitrogens with one attached hydrogen (secondary N) is 1. The van der Waals surface area contributed by atoms with E-state index in [1.807, 2.05) is 0 Å². The summed E-state index contributed by atoms with van der Waals surface area (Å²) in [4.78, 5) is 15.0. The fourth-order valence-corrected chi connectivity index (χ4v) is 4.95. The summed E-state index contributed by atoms with van der Waals surface area (Å²) in [6.45, 7) is 9.88. The smallest absolute Gasteiger partial charge is 0.241 e. The minimum absolute atomic E-state index is 0.0518. The van der Waals surface area contributed by atoms with Crippen molar-refractivity contribution in [2.45, 2.75) is 72.0 Å². The highest BCUT2D eigenvalue weighted by atomic mass is 16.2. The van der Waals surface area contributed by atoms with Crippen molar-refractivity contribution in [1.29, 1.82) is 0 Å². The van der Waals surface area contributed by atoms with E-state index in [9.17, 15) is 4.79 Å². The summed E-state index contributed by atoms with van der Waals surface area (Å²) >= 11 is 0. The highest BCUT2D eigenvalue weighted by Crippen LogP contribution is 2.48. The number of nitrogens with zero attached hydrogens (tertiary/aromatic N) is 1. The van der Waals surface area contributed by atoms with Gasteiger partial charge < -0.3 is 4.90 Å². The van der Waals surface area contributed by atoms with E-state index in [-0.39, 0.29) is 12.2 Å². The van der Waals surface area contributed by atoms with Gasteiger partial charge in [0.25, 0.3) is 0 Å². The predicted molar refractivity (Wildman–Crippen MR) is 85.7 cm³/mol. The second-order valence-electron chi connectivity index (χ2n) is 8.46. The molecule has 1 N–H and O–H groups in total. The molecule has 0 aromatic heterocycles. The van der Waals surface area contributed by atoms with Gasteiger partial charge in [-0.2, -0.15) is 0 Å². The number of carbonyl (C=O) groups is 1. The maximum Gasteiger partial charge on any atom is 0.241 e. The number of amides is 1. The van der Waals surface area contributed by atoms with E-state index >= 15 is 0 Å². The summed E-state index contributed by atoms with van der Waals surface area (Å²) in [5, 5.41) is 3.62. The maximum absolute atomic E-state index is 12.8. The van der Waals surface area contributed by atoms with Crippen molar-refractivity contribution in [1.82, 2.24) is 10.2 Å². The molecule has 3 heteroatoms. The molecular formula is C18H32N2O. The van der Waals surface area contributed by atoms with Gasteiger partial charge in [-0.05, 0) is 55.3 Å². The van der Waals surface area contributed by atoms with E-state index in [2.05, 4.69) is 37.9 Å². The third-order valence-corrected chi connectivity index (χ3v) is 5.94. The topological polar surface area (TPSA) is 32.3 Å². The number of fused-ring (bicyclic) bond motifs is 2. The SMILES string of the molecule is CC(C)CC1NC(C(C)C)N(CC2CC3CCC2C3)C1=O. The Morgan fingerprint density at radius 1 is 1.19 bits per heavy atom. The van der Waals surface area contributed by atoms with Crippen molar-refractivity contribution in [2.75, 3.05) is 6.54 Å². The average Bonchev–Trinajstić information content (AvgIpc) is 3.08. The van der Waals surface area contributed by atoms with Crippen molar-refractivity contribution in [3.05, 3.63) is 0 Å². The van der Waals surface area contributed by atoms with Gasteiger partial charge >= 0.3 is 0 Å². The van der Waals surface area contributed by atoms with Crippen molar-refractivity contribution in [3.8, 4) is 0 Å². The van der Waals surface area contributed by atoms with Gasteiger partial charge in [-0.3, -0.25) is 10.1 Å². The van der Waals surface area contributed by atoms with Crippen molar-refractivity contribution in [2.24, 2.45) is 29.6 Å². The third kappa shape index (κ3) is 2.99. The maximum atomic E-state index is 12.8. The molecule has 1 saturated heterocycles.